The first kappa shape index (κ1) is 28.0. The third kappa shape index (κ3) is 2.77. The first-order valence-corrected chi connectivity index (χ1v) is 18.4. The molecule has 0 N–H and O–H groups in total. The number of nitrogens with zero attached hydrogens (tertiary/aromatic N) is 3. The van der Waals surface area contributed by atoms with Crippen LogP contribution in [0.4, 0.5) is 0 Å². The van der Waals surface area contributed by atoms with Crippen LogP contribution in [0.15, 0.2) is 56.4 Å². The number of hydrogen-bond acceptors (Lipinski definition) is 3. The van der Waals surface area contributed by atoms with E-state index in [-0.39, 0.29) is 38.2 Å². The number of hydrogen-bond donors (Lipinski definition) is 0. The average Bonchev–Trinajstić information content (AvgIpc) is 3.58. The van der Waals surface area contributed by atoms with E-state index >= 15 is 9.59 Å². The summed E-state index contributed by atoms with van der Waals surface area (Å²) in [5.41, 5.74) is 11.7. The Labute approximate surface area is 287 Å². The van der Waals surface area contributed by atoms with Crippen molar-refractivity contribution in [2.45, 2.75) is 109 Å². The predicted molar refractivity (Wildman–Crippen MR) is 203 cm³/mol. The minimum Gasteiger partial charge on any atom is -0.288 e. The van der Waals surface area contributed by atoms with Crippen LogP contribution in [0, 0.1) is 0 Å². The third-order valence-corrected chi connectivity index (χ3v) is 14.7. The summed E-state index contributed by atoms with van der Waals surface area (Å²) >= 11 is 0. The summed E-state index contributed by atoms with van der Waals surface area (Å²) < 4.78 is 5.75. The lowest BCUT2D eigenvalue weighted by Crippen LogP contribution is -2.44. The van der Waals surface area contributed by atoms with Gasteiger partial charge in [-0.2, -0.15) is 0 Å². The van der Waals surface area contributed by atoms with Crippen LogP contribution in [0.25, 0.3) is 65.7 Å². The number of aromatic nitrogens is 3. The molecule has 8 aromatic rings. The zero-order valence-electron chi connectivity index (χ0n) is 29.8. The van der Waals surface area contributed by atoms with E-state index in [4.69, 9.17) is 0 Å². The van der Waals surface area contributed by atoms with Crippen LogP contribution in [-0.2, 0) is 21.7 Å². The molecule has 0 spiro atoms. The maximum atomic E-state index is 15.3. The van der Waals surface area contributed by atoms with Gasteiger partial charge >= 0.3 is 5.69 Å². The largest absolute Gasteiger partial charge is 0.340 e. The van der Waals surface area contributed by atoms with Gasteiger partial charge in [-0.1, -0.05) is 47.1 Å². The van der Waals surface area contributed by atoms with Gasteiger partial charge in [-0.15, -0.1) is 0 Å². The molecule has 6 aliphatic rings. The number of rotatable bonds is 0. The maximum Gasteiger partial charge on any atom is 0.340 e. The Morgan fingerprint density at radius 3 is 1.64 bits per heavy atom. The summed E-state index contributed by atoms with van der Waals surface area (Å²) in [4.78, 5) is 45.4. The van der Waals surface area contributed by atoms with Gasteiger partial charge in [0.05, 0.1) is 27.3 Å². The Morgan fingerprint density at radius 2 is 1.10 bits per heavy atom. The lowest BCUT2D eigenvalue weighted by atomic mass is 9.52. The Morgan fingerprint density at radius 1 is 0.600 bits per heavy atom. The monoisotopic (exact) mass is 657 g/mol. The van der Waals surface area contributed by atoms with E-state index in [9.17, 15) is 4.79 Å². The van der Waals surface area contributed by atoms with Crippen LogP contribution in [0.3, 0.4) is 0 Å². The van der Waals surface area contributed by atoms with Crippen LogP contribution < -0.4 is 16.5 Å². The predicted octanol–water partition coefficient (Wildman–Crippen LogP) is 8.69. The molecule has 0 unspecified atom stereocenters. The molecule has 4 bridgehead atoms. The van der Waals surface area contributed by atoms with Crippen LogP contribution in [0.2, 0.25) is 0 Å². The molecule has 0 aliphatic heterocycles. The summed E-state index contributed by atoms with van der Waals surface area (Å²) in [6.45, 7) is 15.7. The number of benzene rings is 3. The summed E-state index contributed by atoms with van der Waals surface area (Å²) in [6.07, 6.45) is 6.61. The molecule has 6 nitrogen and oxygen atoms in total. The van der Waals surface area contributed by atoms with Crippen molar-refractivity contribution in [2.75, 3.05) is 0 Å². The normalized spacial score (nSPS) is 24.3. The molecule has 6 aliphatic carbocycles. The van der Waals surface area contributed by atoms with Crippen LogP contribution in [-0.4, -0.2) is 13.2 Å². The average molecular weight is 658 g/mol. The zero-order chi connectivity index (χ0) is 34.3. The summed E-state index contributed by atoms with van der Waals surface area (Å²) in [5.74, 6) is 0. The first-order valence-electron chi connectivity index (χ1n) is 18.4. The van der Waals surface area contributed by atoms with Gasteiger partial charge in [-0.25, -0.2) is 13.6 Å². The SMILES string of the molecule is CC1=C2CC(C)(C2)c2cc3c(cc21)c1c(=O)c2cc(C(C)(C)C)cc4c(=O)c5c6cc7c(cc6n6c(=O)n3c1n(c24)c56)C1(C)CCC7(C)CC1. The molecule has 5 heterocycles. The van der Waals surface area contributed by atoms with E-state index in [1.54, 1.807) is 0 Å². The van der Waals surface area contributed by atoms with Crippen molar-refractivity contribution in [1.29, 1.82) is 0 Å². The topological polar surface area (TPSA) is 64.4 Å². The number of fused-ring (bicyclic) bond motifs is 8. The highest BCUT2D eigenvalue weighted by Crippen LogP contribution is 2.58. The molecule has 0 saturated heterocycles. The minimum absolute atomic E-state index is 0.0306. The van der Waals surface area contributed by atoms with Gasteiger partial charge in [-0.05, 0) is 131 Å². The molecule has 14 rings (SSSR count). The van der Waals surface area contributed by atoms with Gasteiger partial charge in [0.2, 0.25) is 0 Å². The molecular weight excluding hydrogens is 619 g/mol. The van der Waals surface area contributed by atoms with Crippen molar-refractivity contribution >= 4 is 65.7 Å². The van der Waals surface area contributed by atoms with Crippen molar-refractivity contribution < 1.29 is 0 Å². The second-order valence-corrected chi connectivity index (χ2v) is 18.6. The molecule has 248 valence electrons. The van der Waals surface area contributed by atoms with E-state index < -0.39 is 0 Å². The highest BCUT2D eigenvalue weighted by atomic mass is 16.1. The third-order valence-electron chi connectivity index (χ3n) is 14.7. The van der Waals surface area contributed by atoms with E-state index in [0.717, 1.165) is 65.9 Å². The van der Waals surface area contributed by atoms with E-state index in [1.807, 2.05) is 20.9 Å². The molecule has 50 heavy (non-hydrogen) atoms. The molecular formula is C44H39N3O3. The summed E-state index contributed by atoms with van der Waals surface area (Å²) in [7, 11) is 0. The number of allylic oxidation sites excluding steroid dienone is 2. The van der Waals surface area contributed by atoms with Crippen molar-refractivity contribution in [3.8, 4) is 0 Å². The van der Waals surface area contributed by atoms with Crippen molar-refractivity contribution in [2.24, 2.45) is 0 Å². The summed E-state index contributed by atoms with van der Waals surface area (Å²) in [6, 6.07) is 13.0. The van der Waals surface area contributed by atoms with Crippen LogP contribution in [0.1, 0.15) is 115 Å². The highest BCUT2D eigenvalue weighted by molar-refractivity contribution is 6.19. The molecule has 0 amide bonds. The first-order chi connectivity index (χ1) is 23.6. The smallest absolute Gasteiger partial charge is 0.288 e. The lowest BCUT2D eigenvalue weighted by Gasteiger charge is -2.52. The molecule has 2 saturated carbocycles. The van der Waals surface area contributed by atoms with E-state index in [1.165, 1.54) is 33.4 Å². The zero-order valence-corrected chi connectivity index (χ0v) is 29.8. The molecule has 0 atom stereocenters. The Balaban J connectivity index is 1.41. The van der Waals surface area contributed by atoms with E-state index in [2.05, 4.69) is 77.1 Å². The minimum atomic E-state index is -0.284. The van der Waals surface area contributed by atoms with Crippen molar-refractivity contribution in [3.63, 3.8) is 0 Å². The molecule has 3 aromatic carbocycles. The lowest BCUT2D eigenvalue weighted by molar-refractivity contribution is 0.188. The second-order valence-electron chi connectivity index (χ2n) is 18.6. The highest BCUT2D eigenvalue weighted by Gasteiger charge is 2.48. The van der Waals surface area contributed by atoms with Gasteiger partial charge in [0.25, 0.3) is 0 Å². The van der Waals surface area contributed by atoms with Gasteiger partial charge in [0, 0.05) is 27.0 Å². The fourth-order valence-electron chi connectivity index (χ4n) is 11.5. The fourth-order valence-corrected chi connectivity index (χ4v) is 11.5. The standard InChI is InChI=1S/C44H39N3O3/c1-20-21-18-44(7,19-21)28-16-31-24(14-23(20)28)33-36(48)26-12-22(41(2,3)4)13-27-35(26)47-38(33)45(31)40(50)46-32-17-30-29(15-25(32)34(37(27)49)39(46)47)42(5)8-10-43(30,6)11-9-42/h12-17H,8-11,18-19H2,1-7H3. The molecule has 6 heteroatoms. The number of pyridine rings is 2. The van der Waals surface area contributed by atoms with Gasteiger partial charge < -0.3 is 0 Å². The Hall–Kier alpha value is -4.71. The Kier molecular flexibility index (Phi) is 4.36. The second kappa shape index (κ2) is 7.78. The van der Waals surface area contributed by atoms with E-state index in [0.29, 0.717) is 38.4 Å². The summed E-state index contributed by atoms with van der Waals surface area (Å²) in [5, 5.41) is 3.92. The molecule has 5 aromatic heterocycles. The fraction of sp³-hybridized carbons (Fsp3) is 0.386. The van der Waals surface area contributed by atoms with Crippen molar-refractivity contribution in [3.05, 3.63) is 101 Å². The molecule has 0 radical (unpaired) electrons. The van der Waals surface area contributed by atoms with Crippen LogP contribution >= 0.6 is 0 Å². The quantitative estimate of drug-likeness (QED) is 0.153. The van der Waals surface area contributed by atoms with Gasteiger partial charge in [0.1, 0.15) is 11.3 Å². The van der Waals surface area contributed by atoms with Crippen LogP contribution in [0.5, 0.6) is 0 Å². The van der Waals surface area contributed by atoms with Crippen molar-refractivity contribution in [1.82, 2.24) is 13.2 Å². The molecule has 2 fully saturated rings. The van der Waals surface area contributed by atoms with Gasteiger partial charge in [-0.3, -0.25) is 14.0 Å². The maximum absolute atomic E-state index is 15.3. The van der Waals surface area contributed by atoms with Gasteiger partial charge in [0.15, 0.2) is 10.9 Å². The Bertz CT molecular complexity index is 3180.